The van der Waals surface area contributed by atoms with Crippen LogP contribution >= 0.6 is 11.8 Å². The van der Waals surface area contributed by atoms with Crippen LogP contribution < -0.4 is 5.32 Å². The van der Waals surface area contributed by atoms with Crippen molar-refractivity contribution < 1.29 is 8.78 Å². The van der Waals surface area contributed by atoms with Gasteiger partial charge in [-0.1, -0.05) is 44.4 Å². The molecule has 1 aromatic rings. The van der Waals surface area contributed by atoms with Crippen molar-refractivity contribution in [3.63, 3.8) is 0 Å². The summed E-state index contributed by atoms with van der Waals surface area (Å²) in [6.07, 6.45) is 6.22. The Morgan fingerprint density at radius 3 is 2.37 bits per heavy atom. The fourth-order valence-electron chi connectivity index (χ4n) is 1.97. The minimum absolute atomic E-state index is 0.422. The topological polar surface area (TPSA) is 12.0 Å². The first-order valence-corrected chi connectivity index (χ1v) is 7.81. The number of nitrogens with one attached hydrogen (secondary N) is 1. The number of anilines is 1. The van der Waals surface area contributed by atoms with E-state index in [4.69, 9.17) is 0 Å². The van der Waals surface area contributed by atoms with Gasteiger partial charge in [0.15, 0.2) is 0 Å². The zero-order valence-electron chi connectivity index (χ0n) is 11.7. The Kier molecular flexibility index (Phi) is 7.87. The monoisotopic (exact) mass is 287 g/mol. The number of halogens is 2. The average Bonchev–Trinajstić information content (AvgIpc) is 2.36. The molecule has 0 fully saturated rings. The van der Waals surface area contributed by atoms with Crippen molar-refractivity contribution in [1.82, 2.24) is 0 Å². The number of unbranched alkanes of at least 4 members (excludes halogenated alkanes) is 3. The van der Waals surface area contributed by atoms with E-state index in [0.29, 0.717) is 22.7 Å². The lowest BCUT2D eigenvalue weighted by molar-refractivity contribution is 0.252. The van der Waals surface area contributed by atoms with Crippen molar-refractivity contribution in [3.05, 3.63) is 24.3 Å². The predicted octanol–water partition coefficient (Wildman–Crippen LogP) is 5.77. The molecule has 1 rings (SSSR count). The molecule has 0 aliphatic rings. The van der Waals surface area contributed by atoms with Crippen molar-refractivity contribution in [2.24, 2.45) is 0 Å². The van der Waals surface area contributed by atoms with Crippen LogP contribution in [0.3, 0.4) is 0 Å². The molecule has 0 radical (unpaired) electrons. The van der Waals surface area contributed by atoms with Crippen LogP contribution in [0.15, 0.2) is 29.2 Å². The van der Waals surface area contributed by atoms with E-state index in [-0.39, 0.29) is 0 Å². The van der Waals surface area contributed by atoms with E-state index in [0.717, 1.165) is 12.1 Å². The summed E-state index contributed by atoms with van der Waals surface area (Å²) < 4.78 is 24.4. The molecule has 19 heavy (non-hydrogen) atoms. The summed E-state index contributed by atoms with van der Waals surface area (Å²) in [5.74, 6) is -2.35. The molecule has 0 amide bonds. The molecular weight excluding hydrogens is 264 g/mol. The first-order valence-electron chi connectivity index (χ1n) is 6.93. The van der Waals surface area contributed by atoms with Crippen LogP contribution in [-0.4, -0.2) is 11.8 Å². The quantitative estimate of drug-likeness (QED) is 0.457. The molecule has 0 aliphatic heterocycles. The zero-order valence-corrected chi connectivity index (χ0v) is 12.5. The normalized spacial score (nSPS) is 12.7. The Hall–Kier alpha value is -0.770. The van der Waals surface area contributed by atoms with Crippen molar-refractivity contribution in [2.75, 3.05) is 5.32 Å². The standard InChI is InChI=1S/C15H23F2NS/c1-3-4-5-6-7-12(2)18-13-8-10-14(11-9-13)19-15(16)17/h8-12,15,18H,3-7H2,1-2H3. The van der Waals surface area contributed by atoms with Crippen LogP contribution in [0.4, 0.5) is 14.5 Å². The SMILES string of the molecule is CCCCCCC(C)Nc1ccc(SC(F)F)cc1. The highest BCUT2D eigenvalue weighted by atomic mass is 32.2. The molecule has 108 valence electrons. The van der Waals surface area contributed by atoms with Gasteiger partial charge in [-0.3, -0.25) is 0 Å². The molecule has 0 aromatic heterocycles. The number of benzene rings is 1. The van der Waals surface area contributed by atoms with E-state index in [9.17, 15) is 8.78 Å². The lowest BCUT2D eigenvalue weighted by Gasteiger charge is -2.15. The molecule has 0 saturated heterocycles. The van der Waals surface area contributed by atoms with E-state index in [1.165, 1.54) is 25.7 Å². The zero-order chi connectivity index (χ0) is 14.1. The molecule has 0 spiro atoms. The lowest BCUT2D eigenvalue weighted by Crippen LogP contribution is -2.14. The van der Waals surface area contributed by atoms with Crippen LogP contribution in [0, 0.1) is 0 Å². The first-order chi connectivity index (χ1) is 9.11. The smallest absolute Gasteiger partial charge is 0.288 e. The highest BCUT2D eigenvalue weighted by molar-refractivity contribution is 7.99. The number of alkyl halides is 2. The average molecular weight is 287 g/mol. The summed E-state index contributed by atoms with van der Waals surface area (Å²) in [6.45, 7) is 4.37. The first kappa shape index (κ1) is 16.3. The summed E-state index contributed by atoms with van der Waals surface area (Å²) in [6, 6.07) is 7.64. The maximum Gasteiger partial charge on any atom is 0.288 e. The Bertz CT molecular complexity index is 341. The van der Waals surface area contributed by atoms with E-state index in [1.807, 2.05) is 12.1 Å². The van der Waals surface area contributed by atoms with Gasteiger partial charge < -0.3 is 5.32 Å². The van der Waals surface area contributed by atoms with Crippen molar-refractivity contribution in [2.45, 2.75) is 62.6 Å². The largest absolute Gasteiger partial charge is 0.383 e. The molecule has 0 bridgehead atoms. The van der Waals surface area contributed by atoms with Gasteiger partial charge in [0, 0.05) is 16.6 Å². The van der Waals surface area contributed by atoms with Gasteiger partial charge in [-0.2, -0.15) is 8.78 Å². The third-order valence-corrected chi connectivity index (χ3v) is 3.71. The Labute approximate surface area is 119 Å². The maximum atomic E-state index is 12.2. The summed E-state index contributed by atoms with van der Waals surface area (Å²) >= 11 is 0.584. The second-order valence-electron chi connectivity index (χ2n) is 4.80. The number of hydrogen-bond donors (Lipinski definition) is 1. The molecule has 1 aromatic carbocycles. The number of hydrogen-bond acceptors (Lipinski definition) is 2. The molecule has 4 heteroatoms. The van der Waals surface area contributed by atoms with Gasteiger partial charge in [-0.25, -0.2) is 0 Å². The second-order valence-corrected chi connectivity index (χ2v) is 5.86. The third-order valence-electron chi connectivity index (χ3n) is 2.98. The van der Waals surface area contributed by atoms with Gasteiger partial charge in [0.25, 0.3) is 5.76 Å². The van der Waals surface area contributed by atoms with Gasteiger partial charge in [0.05, 0.1) is 0 Å². The molecule has 1 unspecified atom stereocenters. The van der Waals surface area contributed by atoms with Gasteiger partial charge >= 0.3 is 0 Å². The van der Waals surface area contributed by atoms with E-state index in [2.05, 4.69) is 19.2 Å². The lowest BCUT2D eigenvalue weighted by atomic mass is 10.1. The van der Waals surface area contributed by atoms with Gasteiger partial charge in [0.1, 0.15) is 0 Å². The van der Waals surface area contributed by atoms with Crippen LogP contribution in [0.2, 0.25) is 0 Å². The molecule has 0 saturated carbocycles. The number of rotatable bonds is 9. The minimum Gasteiger partial charge on any atom is -0.383 e. The summed E-state index contributed by atoms with van der Waals surface area (Å²) in [5, 5.41) is 3.40. The molecule has 1 nitrogen and oxygen atoms in total. The van der Waals surface area contributed by atoms with Gasteiger partial charge in [-0.15, -0.1) is 0 Å². The van der Waals surface area contributed by atoms with Crippen molar-refractivity contribution >= 4 is 17.4 Å². The maximum absolute atomic E-state index is 12.2. The van der Waals surface area contributed by atoms with Crippen LogP contribution in [0.1, 0.15) is 46.0 Å². The van der Waals surface area contributed by atoms with Crippen LogP contribution in [-0.2, 0) is 0 Å². The molecule has 1 N–H and O–H groups in total. The minimum atomic E-state index is -2.35. The molecule has 0 aliphatic carbocycles. The summed E-state index contributed by atoms with van der Waals surface area (Å²) in [7, 11) is 0. The third kappa shape index (κ3) is 7.41. The fourth-order valence-corrected chi connectivity index (χ4v) is 2.47. The highest BCUT2D eigenvalue weighted by Gasteiger charge is 2.06. The fraction of sp³-hybridized carbons (Fsp3) is 0.600. The molecule has 0 heterocycles. The van der Waals surface area contributed by atoms with Crippen molar-refractivity contribution in [3.8, 4) is 0 Å². The Balaban J connectivity index is 2.31. The summed E-state index contributed by atoms with van der Waals surface area (Å²) in [4.78, 5) is 0.608. The molecular formula is C15H23F2NS. The predicted molar refractivity (Wildman–Crippen MR) is 80.1 cm³/mol. The van der Waals surface area contributed by atoms with E-state index < -0.39 is 5.76 Å². The Morgan fingerprint density at radius 1 is 1.11 bits per heavy atom. The molecule has 1 atom stereocenters. The van der Waals surface area contributed by atoms with Gasteiger partial charge in [-0.05, 0) is 37.6 Å². The Morgan fingerprint density at radius 2 is 1.79 bits per heavy atom. The second kappa shape index (κ2) is 9.18. The van der Waals surface area contributed by atoms with Crippen molar-refractivity contribution in [1.29, 1.82) is 0 Å². The van der Waals surface area contributed by atoms with E-state index >= 15 is 0 Å². The van der Waals surface area contributed by atoms with Gasteiger partial charge in [0.2, 0.25) is 0 Å². The number of thioether (sulfide) groups is 1. The van der Waals surface area contributed by atoms with Crippen LogP contribution in [0.5, 0.6) is 0 Å². The summed E-state index contributed by atoms with van der Waals surface area (Å²) in [5.41, 5.74) is 1.00. The van der Waals surface area contributed by atoms with E-state index in [1.54, 1.807) is 12.1 Å². The highest BCUT2D eigenvalue weighted by Crippen LogP contribution is 2.26. The van der Waals surface area contributed by atoms with Crippen LogP contribution in [0.25, 0.3) is 0 Å².